The minimum Gasteiger partial charge on any atom is -0.263 e. The van der Waals surface area contributed by atoms with Crippen molar-refractivity contribution in [3.63, 3.8) is 0 Å². The normalized spacial score (nSPS) is 11.4. The number of hydrogen-bond donors (Lipinski definition) is 1. The van der Waals surface area contributed by atoms with Gasteiger partial charge in [-0.05, 0) is 48.9 Å². The van der Waals surface area contributed by atoms with Crippen molar-refractivity contribution in [1.29, 1.82) is 0 Å². The number of aryl methyl sites for hydroxylation is 1. The Morgan fingerprint density at radius 1 is 1.09 bits per heavy atom. The maximum Gasteiger partial charge on any atom is 0.263 e. The highest BCUT2D eigenvalue weighted by Crippen LogP contribution is 2.20. The summed E-state index contributed by atoms with van der Waals surface area (Å²) in [7, 11) is -3.74. The first-order valence-corrected chi connectivity index (χ1v) is 8.57. The average Bonchev–Trinajstić information content (AvgIpc) is 2.95. The van der Waals surface area contributed by atoms with Gasteiger partial charge in [0.1, 0.15) is 5.82 Å². The van der Waals surface area contributed by atoms with Crippen molar-refractivity contribution in [2.45, 2.75) is 11.8 Å². The number of halogens is 1. The van der Waals surface area contributed by atoms with Gasteiger partial charge in [0, 0.05) is 17.3 Å². The van der Waals surface area contributed by atoms with Crippen LogP contribution >= 0.6 is 11.6 Å². The lowest BCUT2D eigenvalue weighted by Crippen LogP contribution is -2.16. The van der Waals surface area contributed by atoms with Gasteiger partial charge in [-0.2, -0.15) is 9.78 Å². The Morgan fingerprint density at radius 3 is 2.52 bits per heavy atom. The van der Waals surface area contributed by atoms with E-state index in [1.54, 1.807) is 12.3 Å². The SMILES string of the molecule is Cc1ccnc(-n2nccc2NS(=O)(=O)c2ccc(Cl)cc2)c1. The predicted octanol–water partition coefficient (Wildman–Crippen LogP) is 3.03. The highest BCUT2D eigenvalue weighted by Gasteiger charge is 2.17. The lowest BCUT2D eigenvalue weighted by Gasteiger charge is -2.10. The highest BCUT2D eigenvalue weighted by molar-refractivity contribution is 7.92. The fourth-order valence-electron chi connectivity index (χ4n) is 2.01. The van der Waals surface area contributed by atoms with E-state index in [-0.39, 0.29) is 4.90 Å². The van der Waals surface area contributed by atoms with Gasteiger partial charge in [0.15, 0.2) is 5.82 Å². The molecule has 0 radical (unpaired) electrons. The van der Waals surface area contributed by atoms with Gasteiger partial charge in [-0.1, -0.05) is 11.6 Å². The van der Waals surface area contributed by atoms with E-state index in [2.05, 4.69) is 14.8 Å². The van der Waals surface area contributed by atoms with E-state index < -0.39 is 10.0 Å². The van der Waals surface area contributed by atoms with Crippen LogP contribution < -0.4 is 4.72 Å². The molecule has 0 aliphatic carbocycles. The molecule has 1 aromatic carbocycles. The number of hydrogen-bond acceptors (Lipinski definition) is 4. The highest BCUT2D eigenvalue weighted by atomic mass is 35.5. The van der Waals surface area contributed by atoms with Crippen molar-refractivity contribution in [3.8, 4) is 5.82 Å². The monoisotopic (exact) mass is 348 g/mol. The Kier molecular flexibility index (Phi) is 4.06. The topological polar surface area (TPSA) is 76.9 Å². The van der Waals surface area contributed by atoms with Crippen LogP contribution in [-0.4, -0.2) is 23.2 Å². The Labute approximate surface area is 138 Å². The Balaban J connectivity index is 1.95. The zero-order valence-corrected chi connectivity index (χ0v) is 13.7. The fraction of sp³-hybridized carbons (Fsp3) is 0.0667. The molecule has 0 unspecified atom stereocenters. The van der Waals surface area contributed by atoms with Crippen molar-refractivity contribution in [1.82, 2.24) is 14.8 Å². The summed E-state index contributed by atoms with van der Waals surface area (Å²) in [5.41, 5.74) is 0.997. The molecule has 2 heterocycles. The number of anilines is 1. The van der Waals surface area contributed by atoms with Gasteiger partial charge in [0.2, 0.25) is 0 Å². The lowest BCUT2D eigenvalue weighted by molar-refractivity contribution is 0.600. The quantitative estimate of drug-likeness (QED) is 0.786. The third kappa shape index (κ3) is 3.35. The molecule has 118 valence electrons. The second kappa shape index (κ2) is 6.02. The third-order valence-corrected chi connectivity index (χ3v) is 4.75. The molecule has 3 rings (SSSR count). The summed E-state index contributed by atoms with van der Waals surface area (Å²) in [6, 6.07) is 11.2. The van der Waals surface area contributed by atoms with Crippen molar-refractivity contribution >= 4 is 27.4 Å². The van der Waals surface area contributed by atoms with E-state index in [9.17, 15) is 8.42 Å². The van der Waals surface area contributed by atoms with Crippen LogP contribution in [0, 0.1) is 6.92 Å². The molecule has 0 saturated carbocycles. The van der Waals surface area contributed by atoms with E-state index in [1.807, 2.05) is 19.1 Å². The van der Waals surface area contributed by atoms with Gasteiger partial charge in [-0.3, -0.25) is 4.72 Å². The van der Waals surface area contributed by atoms with Gasteiger partial charge in [0.25, 0.3) is 10.0 Å². The molecule has 1 N–H and O–H groups in total. The van der Waals surface area contributed by atoms with Crippen LogP contribution in [0.4, 0.5) is 5.82 Å². The van der Waals surface area contributed by atoms with Crippen LogP contribution in [0.2, 0.25) is 5.02 Å². The molecule has 0 spiro atoms. The second-order valence-corrected chi connectivity index (χ2v) is 7.00. The third-order valence-electron chi connectivity index (χ3n) is 3.12. The number of benzene rings is 1. The first-order valence-electron chi connectivity index (χ1n) is 6.71. The lowest BCUT2D eigenvalue weighted by atomic mass is 10.3. The fourth-order valence-corrected chi connectivity index (χ4v) is 3.18. The van der Waals surface area contributed by atoms with E-state index in [1.165, 1.54) is 35.1 Å². The summed E-state index contributed by atoms with van der Waals surface area (Å²) in [5, 5.41) is 4.60. The molecule has 0 atom stereocenters. The van der Waals surface area contributed by atoms with Crippen LogP contribution in [0.5, 0.6) is 0 Å². The molecular weight excluding hydrogens is 336 g/mol. The molecule has 0 aliphatic heterocycles. The predicted molar refractivity (Wildman–Crippen MR) is 88.4 cm³/mol. The number of rotatable bonds is 4. The molecule has 8 heteroatoms. The molecule has 3 aromatic rings. The van der Waals surface area contributed by atoms with E-state index in [0.29, 0.717) is 16.7 Å². The summed E-state index contributed by atoms with van der Waals surface area (Å²) in [6.07, 6.45) is 3.15. The largest absolute Gasteiger partial charge is 0.263 e. The number of pyridine rings is 1. The molecule has 0 bridgehead atoms. The zero-order chi connectivity index (χ0) is 16.4. The summed E-state index contributed by atoms with van der Waals surface area (Å²) in [6.45, 7) is 1.92. The van der Waals surface area contributed by atoms with Gasteiger partial charge in [-0.15, -0.1) is 0 Å². The Hall–Kier alpha value is -2.38. The van der Waals surface area contributed by atoms with Gasteiger partial charge < -0.3 is 0 Å². The Bertz CT molecular complexity index is 936. The summed E-state index contributed by atoms with van der Waals surface area (Å²) < 4.78 is 28.8. The molecule has 23 heavy (non-hydrogen) atoms. The van der Waals surface area contributed by atoms with Crippen LogP contribution in [-0.2, 0) is 10.0 Å². The summed E-state index contributed by atoms with van der Waals surface area (Å²) >= 11 is 5.79. The van der Waals surface area contributed by atoms with Crippen LogP contribution in [0.3, 0.4) is 0 Å². The molecule has 0 saturated heterocycles. The first kappa shape index (κ1) is 15.5. The number of nitrogens with one attached hydrogen (secondary N) is 1. The van der Waals surface area contributed by atoms with Crippen molar-refractivity contribution in [2.24, 2.45) is 0 Å². The smallest absolute Gasteiger partial charge is 0.263 e. The van der Waals surface area contributed by atoms with Crippen LogP contribution in [0.1, 0.15) is 5.56 Å². The Morgan fingerprint density at radius 2 is 1.83 bits per heavy atom. The van der Waals surface area contributed by atoms with Crippen LogP contribution in [0.15, 0.2) is 59.8 Å². The van der Waals surface area contributed by atoms with Crippen molar-refractivity contribution < 1.29 is 8.42 Å². The van der Waals surface area contributed by atoms with Gasteiger partial charge >= 0.3 is 0 Å². The standard InChI is InChI=1S/C15H13ClN4O2S/c1-11-6-8-17-15(10-11)20-14(7-9-18-20)19-23(21,22)13-4-2-12(16)3-5-13/h2-10,19H,1H3. The second-order valence-electron chi connectivity index (χ2n) is 4.88. The van der Waals surface area contributed by atoms with Crippen LogP contribution in [0.25, 0.3) is 5.82 Å². The summed E-state index contributed by atoms with van der Waals surface area (Å²) in [5.74, 6) is 0.835. The van der Waals surface area contributed by atoms with Gasteiger partial charge in [-0.25, -0.2) is 13.4 Å². The van der Waals surface area contributed by atoms with Crippen molar-refractivity contribution in [3.05, 3.63) is 65.4 Å². The number of aromatic nitrogens is 3. The minimum atomic E-state index is -3.74. The van der Waals surface area contributed by atoms with E-state index >= 15 is 0 Å². The van der Waals surface area contributed by atoms with Crippen molar-refractivity contribution in [2.75, 3.05) is 4.72 Å². The molecular formula is C15H13ClN4O2S. The number of sulfonamides is 1. The molecule has 0 fully saturated rings. The van der Waals surface area contributed by atoms with Gasteiger partial charge in [0.05, 0.1) is 11.1 Å². The maximum absolute atomic E-state index is 12.4. The minimum absolute atomic E-state index is 0.117. The zero-order valence-electron chi connectivity index (χ0n) is 12.1. The maximum atomic E-state index is 12.4. The molecule has 6 nitrogen and oxygen atoms in total. The summed E-state index contributed by atoms with van der Waals surface area (Å²) in [4.78, 5) is 4.32. The van der Waals surface area contributed by atoms with E-state index in [4.69, 9.17) is 11.6 Å². The first-order chi connectivity index (χ1) is 11.0. The molecule has 0 aliphatic rings. The average molecular weight is 349 g/mol. The van der Waals surface area contributed by atoms with E-state index in [0.717, 1.165) is 5.56 Å². The molecule has 2 aromatic heterocycles. The molecule has 0 amide bonds. The number of nitrogens with zero attached hydrogens (tertiary/aromatic N) is 3.